The molecule has 0 saturated heterocycles. The van der Waals surface area contributed by atoms with Crippen molar-refractivity contribution in [3.05, 3.63) is 71.8 Å². The van der Waals surface area contributed by atoms with Gasteiger partial charge >= 0.3 is 11.9 Å². The van der Waals surface area contributed by atoms with E-state index in [0.717, 1.165) is 0 Å². The smallest absolute Gasteiger partial charge is 0.338 e. The zero-order valence-electron chi connectivity index (χ0n) is 14.8. The first kappa shape index (κ1) is 18.7. The zero-order chi connectivity index (χ0) is 18.2. The Balaban J connectivity index is 2.05. The van der Waals surface area contributed by atoms with E-state index in [9.17, 15) is 9.59 Å². The van der Waals surface area contributed by atoms with Gasteiger partial charge in [-0.2, -0.15) is 0 Å². The molecule has 0 aliphatic heterocycles. The molecule has 0 heterocycles. The number of carbonyl (C=O) groups is 2. The monoisotopic (exact) mass is 340 g/mol. The molecule has 0 spiro atoms. The van der Waals surface area contributed by atoms with Crippen LogP contribution in [-0.4, -0.2) is 24.1 Å². The van der Waals surface area contributed by atoms with Gasteiger partial charge < -0.3 is 9.47 Å². The summed E-state index contributed by atoms with van der Waals surface area (Å²) < 4.78 is 11.1. The van der Waals surface area contributed by atoms with E-state index in [1.54, 1.807) is 55.5 Å². The second-order valence-corrected chi connectivity index (χ2v) is 6.42. The number of carbonyl (C=O) groups excluding carboxylic acids is 2. The molecule has 0 aliphatic rings. The maximum atomic E-state index is 12.3. The number of hydrogen-bond acceptors (Lipinski definition) is 4. The fourth-order valence-corrected chi connectivity index (χ4v) is 2.47. The van der Waals surface area contributed by atoms with E-state index in [2.05, 4.69) is 0 Å². The Labute approximate surface area is 148 Å². The molecule has 2 aromatic rings. The standard InChI is InChI=1S/C21H24O4/c1-15(2)14-19(25-21(23)18-12-8-5-9-13-18)16(3)24-20(22)17-10-6-4-7-11-17/h4-13,15-16,19H,14H2,1-3H3. The molecule has 0 aromatic heterocycles. The van der Waals surface area contributed by atoms with Crippen LogP contribution in [0, 0.1) is 5.92 Å². The molecule has 0 bridgehead atoms. The summed E-state index contributed by atoms with van der Waals surface area (Å²) in [6.45, 7) is 5.83. The number of esters is 2. The maximum absolute atomic E-state index is 12.3. The number of rotatable bonds is 7. The first-order valence-electron chi connectivity index (χ1n) is 8.49. The molecule has 0 radical (unpaired) electrons. The van der Waals surface area contributed by atoms with Crippen molar-refractivity contribution in [1.82, 2.24) is 0 Å². The lowest BCUT2D eigenvalue weighted by Gasteiger charge is -2.25. The Morgan fingerprint density at radius 2 is 1.20 bits per heavy atom. The third-order valence-electron chi connectivity index (χ3n) is 3.80. The van der Waals surface area contributed by atoms with Gasteiger partial charge in [-0.3, -0.25) is 0 Å². The van der Waals surface area contributed by atoms with Crippen LogP contribution in [0.5, 0.6) is 0 Å². The highest BCUT2D eigenvalue weighted by Crippen LogP contribution is 2.18. The molecule has 0 amide bonds. The van der Waals surface area contributed by atoms with Crippen molar-refractivity contribution in [2.45, 2.75) is 39.4 Å². The van der Waals surface area contributed by atoms with Crippen LogP contribution in [0.1, 0.15) is 47.9 Å². The van der Waals surface area contributed by atoms with Crippen molar-refractivity contribution in [1.29, 1.82) is 0 Å². The number of benzene rings is 2. The lowest BCUT2D eigenvalue weighted by molar-refractivity contribution is -0.0359. The highest BCUT2D eigenvalue weighted by Gasteiger charge is 2.26. The van der Waals surface area contributed by atoms with E-state index in [-0.39, 0.29) is 0 Å². The highest BCUT2D eigenvalue weighted by molar-refractivity contribution is 5.90. The van der Waals surface area contributed by atoms with Crippen LogP contribution in [0.2, 0.25) is 0 Å². The van der Waals surface area contributed by atoms with Crippen LogP contribution < -0.4 is 0 Å². The third-order valence-corrected chi connectivity index (χ3v) is 3.80. The molecule has 4 nitrogen and oxygen atoms in total. The van der Waals surface area contributed by atoms with E-state index in [4.69, 9.17) is 9.47 Å². The fourth-order valence-electron chi connectivity index (χ4n) is 2.47. The van der Waals surface area contributed by atoms with E-state index >= 15 is 0 Å². The molecule has 2 rings (SSSR count). The average Bonchev–Trinajstić information content (AvgIpc) is 2.62. The zero-order valence-corrected chi connectivity index (χ0v) is 14.8. The summed E-state index contributed by atoms with van der Waals surface area (Å²) >= 11 is 0. The second kappa shape index (κ2) is 9.02. The van der Waals surface area contributed by atoms with Gasteiger partial charge in [0.25, 0.3) is 0 Å². The normalized spacial score (nSPS) is 13.1. The average molecular weight is 340 g/mol. The van der Waals surface area contributed by atoms with E-state index < -0.39 is 24.1 Å². The minimum Gasteiger partial charge on any atom is -0.455 e. The predicted octanol–water partition coefficient (Wildman–Crippen LogP) is 4.50. The van der Waals surface area contributed by atoms with E-state index in [1.807, 2.05) is 26.0 Å². The van der Waals surface area contributed by atoms with Gasteiger partial charge in [-0.05, 0) is 43.5 Å². The first-order chi connectivity index (χ1) is 12.0. The Kier molecular flexibility index (Phi) is 6.75. The molecule has 2 atom stereocenters. The molecule has 0 aliphatic carbocycles. The molecule has 2 aromatic carbocycles. The van der Waals surface area contributed by atoms with Crippen LogP contribution in [-0.2, 0) is 9.47 Å². The van der Waals surface area contributed by atoms with Crippen molar-refractivity contribution in [3.63, 3.8) is 0 Å². The molecule has 4 heteroatoms. The van der Waals surface area contributed by atoms with Crippen molar-refractivity contribution in [2.75, 3.05) is 0 Å². The lowest BCUT2D eigenvalue weighted by atomic mass is 10.0. The minimum atomic E-state index is -0.539. The van der Waals surface area contributed by atoms with Crippen LogP contribution in [0.4, 0.5) is 0 Å². The Bertz CT molecular complexity index is 680. The second-order valence-electron chi connectivity index (χ2n) is 6.42. The molecular formula is C21H24O4. The molecule has 0 N–H and O–H groups in total. The summed E-state index contributed by atoms with van der Waals surface area (Å²) in [7, 11) is 0. The van der Waals surface area contributed by atoms with Gasteiger partial charge in [0.2, 0.25) is 0 Å². The minimum absolute atomic E-state index is 0.298. The summed E-state index contributed by atoms with van der Waals surface area (Å²) in [6, 6.07) is 17.6. The predicted molar refractivity (Wildman–Crippen MR) is 96.4 cm³/mol. The van der Waals surface area contributed by atoms with Crippen LogP contribution >= 0.6 is 0 Å². The van der Waals surface area contributed by atoms with Crippen LogP contribution in [0.3, 0.4) is 0 Å². The van der Waals surface area contributed by atoms with Gasteiger partial charge in [-0.1, -0.05) is 50.2 Å². The van der Waals surface area contributed by atoms with Gasteiger partial charge in [0.1, 0.15) is 12.2 Å². The summed E-state index contributed by atoms with van der Waals surface area (Å²) in [4.78, 5) is 24.6. The van der Waals surface area contributed by atoms with Crippen LogP contribution in [0.15, 0.2) is 60.7 Å². The number of hydrogen-bond donors (Lipinski definition) is 0. The SMILES string of the molecule is CC(C)CC(OC(=O)c1ccccc1)C(C)OC(=O)c1ccccc1. The number of ether oxygens (including phenoxy) is 2. The van der Waals surface area contributed by atoms with E-state index in [0.29, 0.717) is 23.5 Å². The summed E-state index contributed by atoms with van der Waals surface area (Å²) in [5.41, 5.74) is 0.963. The van der Waals surface area contributed by atoms with Crippen LogP contribution in [0.25, 0.3) is 0 Å². The third kappa shape index (κ3) is 5.75. The quantitative estimate of drug-likeness (QED) is 0.696. The summed E-state index contributed by atoms with van der Waals surface area (Å²) in [5, 5.41) is 0. The van der Waals surface area contributed by atoms with Crippen molar-refractivity contribution in [3.8, 4) is 0 Å². The van der Waals surface area contributed by atoms with Gasteiger partial charge in [-0.15, -0.1) is 0 Å². The van der Waals surface area contributed by atoms with Gasteiger partial charge in [-0.25, -0.2) is 9.59 Å². The molecule has 2 unspecified atom stereocenters. The maximum Gasteiger partial charge on any atom is 0.338 e. The van der Waals surface area contributed by atoms with Gasteiger partial charge in [0.15, 0.2) is 0 Å². The lowest BCUT2D eigenvalue weighted by Crippen LogP contribution is -2.34. The molecule has 0 saturated carbocycles. The Morgan fingerprint density at radius 3 is 1.64 bits per heavy atom. The van der Waals surface area contributed by atoms with Gasteiger partial charge in [0, 0.05) is 0 Å². The van der Waals surface area contributed by atoms with Crippen molar-refractivity contribution < 1.29 is 19.1 Å². The first-order valence-corrected chi connectivity index (χ1v) is 8.49. The Hall–Kier alpha value is -2.62. The highest BCUT2D eigenvalue weighted by atomic mass is 16.6. The Morgan fingerprint density at radius 1 is 0.760 bits per heavy atom. The van der Waals surface area contributed by atoms with Gasteiger partial charge in [0.05, 0.1) is 11.1 Å². The molecule has 132 valence electrons. The topological polar surface area (TPSA) is 52.6 Å². The summed E-state index contributed by atoms with van der Waals surface area (Å²) in [5.74, 6) is -0.530. The largest absolute Gasteiger partial charge is 0.455 e. The van der Waals surface area contributed by atoms with Crippen molar-refractivity contribution in [2.24, 2.45) is 5.92 Å². The summed E-state index contributed by atoms with van der Waals surface area (Å²) in [6.07, 6.45) is -0.426. The fraction of sp³-hybridized carbons (Fsp3) is 0.333. The molecular weight excluding hydrogens is 316 g/mol. The molecule has 25 heavy (non-hydrogen) atoms. The van der Waals surface area contributed by atoms with E-state index in [1.165, 1.54) is 0 Å². The van der Waals surface area contributed by atoms with Crippen molar-refractivity contribution >= 4 is 11.9 Å². The molecule has 0 fully saturated rings.